The Labute approximate surface area is 220 Å². The van der Waals surface area contributed by atoms with Crippen LogP contribution in [0.2, 0.25) is 0 Å². The van der Waals surface area contributed by atoms with Crippen LogP contribution >= 0.6 is 23.1 Å². The number of amides is 2. The van der Waals surface area contributed by atoms with E-state index in [1.165, 1.54) is 19.1 Å². The molecule has 4 aliphatic rings. The number of H-pyrrole nitrogens is 1. The first-order valence-corrected chi connectivity index (χ1v) is 13.9. The molecule has 3 heterocycles. The Morgan fingerprint density at radius 1 is 1.11 bits per heavy atom. The second-order valence-corrected chi connectivity index (χ2v) is 12.3. The molecule has 196 valence electrons. The molecular weight excluding hydrogens is 520 g/mol. The number of ether oxygens (including phenoxy) is 2. The van der Waals surface area contributed by atoms with Gasteiger partial charge in [-0.05, 0) is 48.3 Å². The van der Waals surface area contributed by atoms with E-state index < -0.39 is 17.8 Å². The van der Waals surface area contributed by atoms with Crippen LogP contribution in [0.5, 0.6) is 17.2 Å². The Bertz CT molecular complexity index is 1340. The second-order valence-electron chi connectivity index (χ2n) is 10.1. The van der Waals surface area contributed by atoms with Gasteiger partial charge in [-0.25, -0.2) is 0 Å². The lowest BCUT2D eigenvalue weighted by molar-refractivity contribution is -0.142. The minimum Gasteiger partial charge on any atom is -0.502 e. The number of aromatic amines is 1. The van der Waals surface area contributed by atoms with Crippen molar-refractivity contribution in [2.75, 3.05) is 20.8 Å². The standard InChI is InChI=1S/C25H26N2O8S2/c1-34-12-6-9(7-13(35-2)19(12)30)15-16-10-8-11(20(16)36-22-21(15)37-25(33)26-22)18-17(10)23(31)27(24(18)32)5-3-4-14(28)29/h6-7,10-11,15-18,20,30H,3-5,8H2,1-2H3,(H,26,33)(H,28,29)/t10-,11+,15+,16+,17+,18+,20+/m0/s1. The van der Waals surface area contributed by atoms with E-state index in [0.29, 0.717) is 0 Å². The first kappa shape index (κ1) is 24.4. The number of aliphatic carboxylic acids is 1. The topological polar surface area (TPSA) is 146 Å². The van der Waals surface area contributed by atoms with E-state index in [1.807, 2.05) is 0 Å². The molecule has 7 atom stereocenters. The van der Waals surface area contributed by atoms with Gasteiger partial charge in [0.2, 0.25) is 17.6 Å². The van der Waals surface area contributed by atoms with Crippen molar-refractivity contribution in [3.05, 3.63) is 32.2 Å². The van der Waals surface area contributed by atoms with Crippen LogP contribution in [0.3, 0.4) is 0 Å². The highest BCUT2D eigenvalue weighted by Crippen LogP contribution is 2.68. The van der Waals surface area contributed by atoms with Crippen molar-refractivity contribution in [3.63, 3.8) is 0 Å². The molecule has 2 bridgehead atoms. The summed E-state index contributed by atoms with van der Waals surface area (Å²) in [5.41, 5.74) is 0.817. The molecule has 0 spiro atoms. The van der Waals surface area contributed by atoms with E-state index in [-0.39, 0.29) is 82.2 Å². The lowest BCUT2D eigenvalue weighted by Crippen LogP contribution is -2.42. The SMILES string of the molecule is COc1cc([C@H]2c3sc(=O)[nH]c3S[C@@H]3[C@@H]4C[C@H]([C@H]5C(=O)N(CCCC(=O)O)C(=O)[C@H]45)[C@H]23)cc(OC)c1O. The number of hydrogen-bond acceptors (Lipinski definition) is 9. The number of carbonyl (C=O) groups excluding carboxylic acids is 2. The number of thiazole rings is 1. The van der Waals surface area contributed by atoms with Crippen LogP contribution in [0, 0.1) is 29.6 Å². The van der Waals surface area contributed by atoms with Gasteiger partial charge in [-0.1, -0.05) is 11.3 Å². The van der Waals surface area contributed by atoms with E-state index in [4.69, 9.17) is 14.6 Å². The number of phenolic OH excluding ortho intramolecular Hbond substituents is 1. The van der Waals surface area contributed by atoms with Gasteiger partial charge in [0.1, 0.15) is 0 Å². The van der Waals surface area contributed by atoms with E-state index in [2.05, 4.69) is 4.98 Å². The van der Waals surface area contributed by atoms with Crippen molar-refractivity contribution in [2.24, 2.45) is 29.6 Å². The predicted octanol–water partition coefficient (Wildman–Crippen LogP) is 2.50. The summed E-state index contributed by atoms with van der Waals surface area (Å²) >= 11 is 2.74. The molecule has 1 aromatic heterocycles. The summed E-state index contributed by atoms with van der Waals surface area (Å²) < 4.78 is 10.8. The van der Waals surface area contributed by atoms with Gasteiger partial charge in [0, 0.05) is 29.0 Å². The normalized spacial score (nSPS) is 31.3. The minimum atomic E-state index is -0.954. The maximum Gasteiger partial charge on any atom is 0.305 e. The number of carboxylic acid groups (broad SMARTS) is 1. The lowest BCUT2D eigenvalue weighted by Gasteiger charge is -2.43. The number of imide groups is 1. The van der Waals surface area contributed by atoms with Crippen LogP contribution in [0.1, 0.15) is 35.6 Å². The number of thioether (sulfide) groups is 1. The van der Waals surface area contributed by atoms with Gasteiger partial charge < -0.3 is 24.7 Å². The number of hydrogen-bond donors (Lipinski definition) is 3. The van der Waals surface area contributed by atoms with Crippen molar-refractivity contribution < 1.29 is 34.1 Å². The van der Waals surface area contributed by atoms with E-state index >= 15 is 0 Å². The summed E-state index contributed by atoms with van der Waals surface area (Å²) in [7, 11) is 2.92. The van der Waals surface area contributed by atoms with Gasteiger partial charge >= 0.3 is 10.8 Å². The molecule has 1 saturated heterocycles. The van der Waals surface area contributed by atoms with Crippen molar-refractivity contribution in [1.82, 2.24) is 9.88 Å². The highest BCUT2D eigenvalue weighted by atomic mass is 32.2. The highest BCUT2D eigenvalue weighted by molar-refractivity contribution is 8.00. The fraction of sp³-hybridized carbons (Fsp3) is 0.520. The van der Waals surface area contributed by atoms with Crippen molar-refractivity contribution in [2.45, 2.75) is 35.5 Å². The van der Waals surface area contributed by atoms with Gasteiger partial charge in [0.25, 0.3) is 0 Å². The molecule has 12 heteroatoms. The maximum absolute atomic E-state index is 13.5. The van der Waals surface area contributed by atoms with E-state index in [0.717, 1.165) is 33.2 Å². The zero-order valence-electron chi connectivity index (χ0n) is 20.1. The molecule has 2 aromatic rings. The molecular formula is C25H26N2O8S2. The molecule has 2 aliphatic heterocycles. The Morgan fingerprint density at radius 3 is 2.38 bits per heavy atom. The first-order valence-electron chi connectivity index (χ1n) is 12.2. The van der Waals surface area contributed by atoms with Crippen LogP contribution in [-0.4, -0.2) is 63.9 Å². The Hall–Kier alpha value is -2.99. The van der Waals surface area contributed by atoms with Crippen molar-refractivity contribution in [3.8, 4) is 17.2 Å². The fourth-order valence-electron chi connectivity index (χ4n) is 7.15. The molecule has 3 fully saturated rings. The number of carboxylic acids is 1. The van der Waals surface area contributed by atoms with Gasteiger partial charge in [-0.15, -0.1) is 11.8 Å². The molecule has 2 saturated carbocycles. The number of nitrogens with zero attached hydrogens (tertiary/aromatic N) is 1. The van der Waals surface area contributed by atoms with Gasteiger partial charge in [0.05, 0.1) is 31.1 Å². The van der Waals surface area contributed by atoms with Crippen LogP contribution in [0.15, 0.2) is 22.0 Å². The molecule has 3 N–H and O–H groups in total. The van der Waals surface area contributed by atoms with Crippen LogP contribution in [0.4, 0.5) is 0 Å². The molecule has 2 aliphatic carbocycles. The van der Waals surface area contributed by atoms with Gasteiger partial charge in [-0.3, -0.25) is 24.1 Å². The average molecular weight is 547 g/mol. The summed E-state index contributed by atoms with van der Waals surface area (Å²) in [6.45, 7) is 0.120. The number of rotatable bonds is 7. The molecule has 0 unspecified atom stereocenters. The van der Waals surface area contributed by atoms with Gasteiger partial charge in [-0.2, -0.15) is 0 Å². The number of benzene rings is 1. The number of aromatic hydroxyl groups is 1. The third kappa shape index (κ3) is 3.52. The van der Waals surface area contributed by atoms with Crippen molar-refractivity contribution >= 4 is 40.9 Å². The minimum absolute atomic E-state index is 0.00938. The average Bonchev–Trinajstić information content (AvgIpc) is 3.59. The zero-order chi connectivity index (χ0) is 26.2. The predicted molar refractivity (Wildman–Crippen MR) is 133 cm³/mol. The number of phenols is 1. The Kier molecular flexibility index (Phi) is 5.79. The fourth-order valence-corrected chi connectivity index (χ4v) is 10.0. The summed E-state index contributed by atoms with van der Waals surface area (Å²) in [6, 6.07) is 3.51. The quantitative estimate of drug-likeness (QED) is 0.446. The number of nitrogens with one attached hydrogen (secondary N) is 1. The smallest absolute Gasteiger partial charge is 0.305 e. The Balaban J connectivity index is 1.41. The Morgan fingerprint density at radius 2 is 1.76 bits per heavy atom. The van der Waals surface area contributed by atoms with Crippen LogP contribution in [-0.2, 0) is 14.4 Å². The molecule has 2 amide bonds. The molecule has 37 heavy (non-hydrogen) atoms. The number of likely N-dealkylation sites (tertiary alicyclic amines) is 1. The van der Waals surface area contributed by atoms with Gasteiger partial charge in [0.15, 0.2) is 11.5 Å². The third-order valence-electron chi connectivity index (χ3n) is 8.45. The zero-order valence-corrected chi connectivity index (χ0v) is 21.8. The summed E-state index contributed by atoms with van der Waals surface area (Å²) in [5.74, 6) is -2.14. The summed E-state index contributed by atoms with van der Waals surface area (Å²) in [4.78, 5) is 55.2. The first-order chi connectivity index (χ1) is 17.7. The van der Waals surface area contributed by atoms with Crippen LogP contribution < -0.4 is 14.3 Å². The second kappa shape index (κ2) is 8.80. The largest absolute Gasteiger partial charge is 0.502 e. The van der Waals surface area contributed by atoms with Crippen LogP contribution in [0.25, 0.3) is 0 Å². The lowest BCUT2D eigenvalue weighted by atomic mass is 9.68. The molecule has 0 radical (unpaired) electrons. The molecule has 1 aromatic carbocycles. The maximum atomic E-state index is 13.5. The summed E-state index contributed by atoms with van der Waals surface area (Å²) in [5, 5.41) is 20.3. The third-order valence-corrected chi connectivity index (χ3v) is 11.0. The highest BCUT2D eigenvalue weighted by Gasteiger charge is 2.69. The monoisotopic (exact) mass is 546 g/mol. The number of carbonyl (C=O) groups is 3. The molecule has 6 rings (SSSR count). The van der Waals surface area contributed by atoms with Crippen molar-refractivity contribution in [1.29, 1.82) is 0 Å². The number of methoxy groups -OCH3 is 2. The van der Waals surface area contributed by atoms with E-state index in [1.54, 1.807) is 23.9 Å². The van der Waals surface area contributed by atoms with E-state index in [9.17, 15) is 24.3 Å². The summed E-state index contributed by atoms with van der Waals surface area (Å²) in [6.07, 6.45) is 0.887. The number of fused-ring (bicyclic) bond motifs is 9. The number of aromatic nitrogens is 1. The molecule has 10 nitrogen and oxygen atoms in total.